The lowest BCUT2D eigenvalue weighted by Gasteiger charge is -2.08. The van der Waals surface area contributed by atoms with Crippen LogP contribution >= 0.6 is 22.9 Å². The predicted molar refractivity (Wildman–Crippen MR) is 80.0 cm³/mol. The van der Waals surface area contributed by atoms with Crippen molar-refractivity contribution in [3.8, 4) is 0 Å². The van der Waals surface area contributed by atoms with Crippen LogP contribution < -0.4 is 5.32 Å². The quantitative estimate of drug-likeness (QED) is 0.926. The highest BCUT2D eigenvalue weighted by atomic mass is 35.5. The zero-order chi connectivity index (χ0) is 13.8. The molecule has 0 saturated carbocycles. The van der Waals surface area contributed by atoms with E-state index in [1.54, 1.807) is 11.3 Å². The minimum Gasteiger partial charge on any atom is -0.326 e. The Hall–Kier alpha value is -1.39. The van der Waals surface area contributed by atoms with Crippen molar-refractivity contribution < 1.29 is 4.79 Å². The summed E-state index contributed by atoms with van der Waals surface area (Å²) in [7, 11) is 0. The van der Waals surface area contributed by atoms with Gasteiger partial charge in [-0.25, -0.2) is 4.98 Å². The number of nitrogens with zero attached hydrogens (tertiary/aromatic N) is 1. The molecule has 5 heteroatoms. The second kappa shape index (κ2) is 6.17. The first-order valence-electron chi connectivity index (χ1n) is 6.02. The molecular weight excluding hydrogens is 280 g/mol. The number of hydrogen-bond donors (Lipinski definition) is 1. The molecule has 2 rings (SSSR count). The van der Waals surface area contributed by atoms with Gasteiger partial charge in [0.05, 0.1) is 10.7 Å². The Kier molecular flexibility index (Phi) is 4.56. The molecular formula is C14H15ClN2OS. The zero-order valence-electron chi connectivity index (χ0n) is 10.9. The van der Waals surface area contributed by atoms with Crippen LogP contribution in [0.2, 0.25) is 5.02 Å². The van der Waals surface area contributed by atoms with Crippen LogP contribution in [0.1, 0.15) is 22.7 Å². The van der Waals surface area contributed by atoms with Crippen molar-refractivity contribution in [2.75, 3.05) is 5.32 Å². The summed E-state index contributed by atoms with van der Waals surface area (Å²) in [5.74, 6) is -0.0176. The maximum absolute atomic E-state index is 11.9. The topological polar surface area (TPSA) is 42.0 Å². The molecule has 0 aliphatic rings. The molecule has 100 valence electrons. The van der Waals surface area contributed by atoms with Crippen LogP contribution in [0, 0.1) is 13.8 Å². The SMILES string of the molecule is Cc1nc(CCC(=O)Nc2cccc(Cl)c2C)cs1. The molecule has 0 aliphatic heterocycles. The predicted octanol–water partition coefficient (Wildman–Crippen LogP) is 3.98. The molecule has 1 N–H and O–H groups in total. The molecule has 1 heterocycles. The molecule has 0 spiro atoms. The monoisotopic (exact) mass is 294 g/mol. The van der Waals surface area contributed by atoms with Crippen molar-refractivity contribution in [2.45, 2.75) is 26.7 Å². The maximum atomic E-state index is 11.9. The zero-order valence-corrected chi connectivity index (χ0v) is 12.4. The Balaban J connectivity index is 1.92. The number of aromatic nitrogens is 1. The summed E-state index contributed by atoms with van der Waals surface area (Å²) in [6.07, 6.45) is 1.09. The molecule has 0 unspecified atom stereocenters. The second-order valence-corrected chi connectivity index (χ2v) is 5.79. The van der Waals surface area contributed by atoms with Gasteiger partial charge in [0.2, 0.25) is 5.91 Å². The average Bonchev–Trinajstić information content (AvgIpc) is 2.78. The Labute approximate surface area is 121 Å². The van der Waals surface area contributed by atoms with E-state index in [-0.39, 0.29) is 5.91 Å². The summed E-state index contributed by atoms with van der Waals surface area (Å²) in [4.78, 5) is 16.2. The van der Waals surface area contributed by atoms with E-state index in [0.29, 0.717) is 17.9 Å². The van der Waals surface area contributed by atoms with Crippen LogP contribution in [0.15, 0.2) is 23.6 Å². The van der Waals surface area contributed by atoms with Crippen molar-refractivity contribution in [3.05, 3.63) is 44.9 Å². The van der Waals surface area contributed by atoms with Crippen molar-refractivity contribution in [2.24, 2.45) is 0 Å². The van der Waals surface area contributed by atoms with Gasteiger partial charge in [-0.05, 0) is 38.0 Å². The second-order valence-electron chi connectivity index (χ2n) is 4.32. The van der Waals surface area contributed by atoms with Crippen LogP contribution in [0.4, 0.5) is 5.69 Å². The number of anilines is 1. The molecule has 0 aliphatic carbocycles. The molecule has 1 amide bonds. The summed E-state index contributed by atoms with van der Waals surface area (Å²) in [6, 6.07) is 5.49. The molecule has 0 fully saturated rings. The Morgan fingerprint density at radius 1 is 1.42 bits per heavy atom. The van der Waals surface area contributed by atoms with Gasteiger partial charge in [0.1, 0.15) is 0 Å². The third-order valence-corrected chi connectivity index (χ3v) is 4.05. The third-order valence-electron chi connectivity index (χ3n) is 2.82. The lowest BCUT2D eigenvalue weighted by molar-refractivity contribution is -0.116. The molecule has 0 atom stereocenters. The fraction of sp³-hybridized carbons (Fsp3) is 0.286. The standard InChI is InChI=1S/C14H15ClN2OS/c1-9-12(15)4-3-5-13(9)17-14(18)7-6-11-8-19-10(2)16-11/h3-5,8H,6-7H2,1-2H3,(H,17,18). The summed E-state index contributed by atoms with van der Waals surface area (Å²) < 4.78 is 0. The Morgan fingerprint density at radius 2 is 2.21 bits per heavy atom. The van der Waals surface area contributed by atoms with Crippen LogP contribution in [0.25, 0.3) is 0 Å². The van der Waals surface area contributed by atoms with E-state index < -0.39 is 0 Å². The van der Waals surface area contributed by atoms with Crippen LogP contribution in [0.3, 0.4) is 0 Å². The van der Waals surface area contributed by atoms with Gasteiger partial charge in [0.15, 0.2) is 0 Å². The first-order chi connectivity index (χ1) is 9.06. The summed E-state index contributed by atoms with van der Waals surface area (Å²) in [5, 5.41) is 6.56. The van der Waals surface area contributed by atoms with Crippen molar-refractivity contribution in [3.63, 3.8) is 0 Å². The molecule has 19 heavy (non-hydrogen) atoms. The first-order valence-corrected chi connectivity index (χ1v) is 7.28. The van der Waals surface area contributed by atoms with Gasteiger partial charge in [0, 0.05) is 22.5 Å². The lowest BCUT2D eigenvalue weighted by Crippen LogP contribution is -2.13. The van der Waals surface area contributed by atoms with Gasteiger partial charge in [-0.15, -0.1) is 11.3 Å². The lowest BCUT2D eigenvalue weighted by atomic mass is 10.2. The van der Waals surface area contributed by atoms with Gasteiger partial charge in [0.25, 0.3) is 0 Å². The number of hydrogen-bond acceptors (Lipinski definition) is 3. The van der Waals surface area contributed by atoms with E-state index in [9.17, 15) is 4.79 Å². The number of aryl methyl sites for hydroxylation is 2. The van der Waals surface area contributed by atoms with E-state index in [1.165, 1.54) is 0 Å². The number of thiazole rings is 1. The molecule has 0 bridgehead atoms. The normalized spacial score (nSPS) is 10.5. The third kappa shape index (κ3) is 3.78. The number of amides is 1. The highest BCUT2D eigenvalue weighted by molar-refractivity contribution is 7.09. The van der Waals surface area contributed by atoms with Gasteiger partial charge in [-0.3, -0.25) is 4.79 Å². The number of carbonyl (C=O) groups is 1. The van der Waals surface area contributed by atoms with Crippen LogP contribution in [0.5, 0.6) is 0 Å². The van der Waals surface area contributed by atoms with E-state index in [2.05, 4.69) is 10.3 Å². The van der Waals surface area contributed by atoms with E-state index in [1.807, 2.05) is 37.4 Å². The van der Waals surface area contributed by atoms with Gasteiger partial charge >= 0.3 is 0 Å². The number of benzene rings is 1. The summed E-state index contributed by atoms with van der Waals surface area (Å²) in [5.41, 5.74) is 2.63. The van der Waals surface area contributed by atoms with E-state index in [4.69, 9.17) is 11.6 Å². The fourth-order valence-corrected chi connectivity index (χ4v) is 2.54. The molecule has 0 radical (unpaired) electrons. The summed E-state index contributed by atoms with van der Waals surface area (Å²) >= 11 is 7.62. The van der Waals surface area contributed by atoms with E-state index >= 15 is 0 Å². The minimum atomic E-state index is -0.0176. The van der Waals surface area contributed by atoms with Gasteiger partial charge in [-0.1, -0.05) is 17.7 Å². The average molecular weight is 295 g/mol. The smallest absolute Gasteiger partial charge is 0.224 e. The summed E-state index contributed by atoms with van der Waals surface area (Å²) in [6.45, 7) is 3.85. The Bertz CT molecular complexity index is 595. The molecule has 2 aromatic rings. The fourth-order valence-electron chi connectivity index (χ4n) is 1.72. The number of carbonyl (C=O) groups excluding carboxylic acids is 1. The first kappa shape index (κ1) is 14.0. The highest BCUT2D eigenvalue weighted by Crippen LogP contribution is 2.23. The van der Waals surface area contributed by atoms with Crippen molar-refractivity contribution in [1.29, 1.82) is 0 Å². The number of halogens is 1. The molecule has 3 nitrogen and oxygen atoms in total. The number of rotatable bonds is 4. The molecule has 1 aromatic heterocycles. The van der Waals surface area contributed by atoms with Gasteiger partial charge in [-0.2, -0.15) is 0 Å². The van der Waals surface area contributed by atoms with Crippen molar-refractivity contribution in [1.82, 2.24) is 4.98 Å². The van der Waals surface area contributed by atoms with E-state index in [0.717, 1.165) is 22.0 Å². The van der Waals surface area contributed by atoms with Gasteiger partial charge < -0.3 is 5.32 Å². The molecule has 1 aromatic carbocycles. The van der Waals surface area contributed by atoms with Crippen LogP contribution in [-0.4, -0.2) is 10.9 Å². The minimum absolute atomic E-state index is 0.0176. The van der Waals surface area contributed by atoms with Crippen molar-refractivity contribution >= 4 is 34.5 Å². The maximum Gasteiger partial charge on any atom is 0.224 e. The largest absolute Gasteiger partial charge is 0.326 e. The number of nitrogens with one attached hydrogen (secondary N) is 1. The molecule has 0 saturated heterocycles. The highest BCUT2D eigenvalue weighted by Gasteiger charge is 2.08. The van der Waals surface area contributed by atoms with Crippen LogP contribution in [-0.2, 0) is 11.2 Å². The Morgan fingerprint density at radius 3 is 2.89 bits per heavy atom.